The molecular formula is C21H22FN3O3. The summed E-state index contributed by atoms with van der Waals surface area (Å²) in [6, 6.07) is 10.7. The van der Waals surface area contributed by atoms with Crippen molar-refractivity contribution in [3.8, 4) is 0 Å². The van der Waals surface area contributed by atoms with E-state index in [1.165, 1.54) is 24.3 Å². The molecule has 2 aliphatic rings. The van der Waals surface area contributed by atoms with E-state index < -0.39 is 29.4 Å². The van der Waals surface area contributed by atoms with Crippen LogP contribution < -0.4 is 16.0 Å². The first-order chi connectivity index (χ1) is 13.3. The van der Waals surface area contributed by atoms with Gasteiger partial charge in [0.05, 0.1) is 12.0 Å². The number of fused-ring (bicyclic) bond motifs is 2. The Morgan fingerprint density at radius 1 is 1.29 bits per heavy atom. The average molecular weight is 383 g/mol. The van der Waals surface area contributed by atoms with Crippen LogP contribution in [0.4, 0.5) is 15.8 Å². The average Bonchev–Trinajstić information content (AvgIpc) is 3.18. The van der Waals surface area contributed by atoms with E-state index in [1.54, 1.807) is 6.92 Å². The van der Waals surface area contributed by atoms with Crippen LogP contribution in [-0.2, 0) is 15.1 Å². The second kappa shape index (κ2) is 6.68. The molecule has 0 aromatic heterocycles. The van der Waals surface area contributed by atoms with Gasteiger partial charge in [-0.2, -0.15) is 0 Å². The van der Waals surface area contributed by atoms with Gasteiger partial charge < -0.3 is 15.7 Å². The van der Waals surface area contributed by atoms with Gasteiger partial charge in [0.25, 0.3) is 0 Å². The van der Waals surface area contributed by atoms with Crippen molar-refractivity contribution in [2.75, 3.05) is 10.6 Å². The Labute approximate surface area is 162 Å². The van der Waals surface area contributed by atoms with E-state index in [4.69, 9.17) is 0 Å². The number of rotatable bonds is 3. The molecule has 2 heterocycles. The molecule has 4 rings (SSSR count). The van der Waals surface area contributed by atoms with E-state index in [2.05, 4.69) is 16.0 Å². The van der Waals surface area contributed by atoms with Crippen LogP contribution in [0.15, 0.2) is 42.5 Å². The number of aliphatic hydroxyl groups excluding tert-OH is 1. The van der Waals surface area contributed by atoms with Crippen molar-refractivity contribution in [1.29, 1.82) is 0 Å². The van der Waals surface area contributed by atoms with Gasteiger partial charge in [0, 0.05) is 23.0 Å². The molecule has 0 saturated carbocycles. The van der Waals surface area contributed by atoms with Crippen LogP contribution in [-0.4, -0.2) is 29.1 Å². The third-order valence-electron chi connectivity index (χ3n) is 5.64. The number of amides is 2. The summed E-state index contributed by atoms with van der Waals surface area (Å²) in [4.78, 5) is 26.2. The van der Waals surface area contributed by atoms with Crippen molar-refractivity contribution in [3.63, 3.8) is 0 Å². The molecule has 28 heavy (non-hydrogen) atoms. The number of anilines is 2. The highest BCUT2D eigenvalue weighted by atomic mass is 19.1. The molecule has 1 unspecified atom stereocenters. The lowest BCUT2D eigenvalue weighted by atomic mass is 9.79. The molecule has 1 saturated heterocycles. The van der Waals surface area contributed by atoms with Crippen LogP contribution in [0.2, 0.25) is 0 Å². The number of halogens is 1. The number of carbonyl (C=O) groups is 2. The van der Waals surface area contributed by atoms with Crippen molar-refractivity contribution in [1.82, 2.24) is 5.32 Å². The van der Waals surface area contributed by atoms with Gasteiger partial charge in [-0.1, -0.05) is 17.7 Å². The zero-order valence-corrected chi connectivity index (χ0v) is 15.6. The van der Waals surface area contributed by atoms with E-state index in [9.17, 15) is 19.1 Å². The van der Waals surface area contributed by atoms with Crippen LogP contribution in [0.5, 0.6) is 0 Å². The summed E-state index contributed by atoms with van der Waals surface area (Å²) in [6.07, 6.45) is -0.437. The maximum atomic E-state index is 13.2. The van der Waals surface area contributed by atoms with Gasteiger partial charge in [-0.05, 0) is 50.6 Å². The Balaban J connectivity index is 1.74. The summed E-state index contributed by atoms with van der Waals surface area (Å²) in [7, 11) is 0. The third kappa shape index (κ3) is 2.87. The standard InChI is InChI=1S/C21H22FN3O3/c1-11-3-8-17-15(9-11)21(20(28)24-17)16(10-18(25-21)12(2)26)19(27)23-14-6-4-13(22)5-7-14/h3-9,12,16,18,25-26H,10H2,1-2H3,(H,23,27)(H,24,28)/t12?,16-,18-,21+/m1/s1. The van der Waals surface area contributed by atoms with Gasteiger partial charge in [0.1, 0.15) is 11.4 Å². The van der Waals surface area contributed by atoms with E-state index in [-0.39, 0.29) is 11.8 Å². The number of hydrogen-bond acceptors (Lipinski definition) is 4. The van der Waals surface area contributed by atoms with E-state index >= 15 is 0 Å². The number of aliphatic hydroxyl groups is 1. The van der Waals surface area contributed by atoms with Gasteiger partial charge >= 0.3 is 0 Å². The van der Waals surface area contributed by atoms with E-state index in [0.717, 1.165) is 5.56 Å². The zero-order valence-electron chi connectivity index (χ0n) is 15.6. The molecule has 0 bridgehead atoms. The lowest BCUT2D eigenvalue weighted by Crippen LogP contribution is -2.53. The molecule has 2 aromatic rings. The van der Waals surface area contributed by atoms with Crippen LogP contribution in [0.1, 0.15) is 24.5 Å². The van der Waals surface area contributed by atoms with Gasteiger partial charge in [0.2, 0.25) is 11.8 Å². The molecule has 6 nitrogen and oxygen atoms in total. The predicted molar refractivity (Wildman–Crippen MR) is 103 cm³/mol. The summed E-state index contributed by atoms with van der Waals surface area (Å²) in [5.74, 6) is -1.80. The SMILES string of the molecule is Cc1ccc2c(c1)[C@@]1(N[C@@H](C(C)O)C[C@@H]1C(=O)Nc1ccc(F)cc1)C(=O)N2. The van der Waals surface area contributed by atoms with Gasteiger partial charge in [-0.3, -0.25) is 14.9 Å². The van der Waals surface area contributed by atoms with Gasteiger partial charge in [-0.15, -0.1) is 0 Å². The fraction of sp³-hybridized carbons (Fsp3) is 0.333. The summed E-state index contributed by atoms with van der Waals surface area (Å²) < 4.78 is 13.2. The van der Waals surface area contributed by atoms with Gasteiger partial charge in [0.15, 0.2) is 0 Å². The van der Waals surface area contributed by atoms with Crippen LogP contribution in [0.3, 0.4) is 0 Å². The van der Waals surface area contributed by atoms with E-state index in [0.29, 0.717) is 23.4 Å². The monoisotopic (exact) mass is 383 g/mol. The molecule has 4 atom stereocenters. The van der Waals surface area contributed by atoms with Crippen molar-refractivity contribution in [3.05, 3.63) is 59.4 Å². The number of carbonyl (C=O) groups excluding carboxylic acids is 2. The molecule has 2 aromatic carbocycles. The topological polar surface area (TPSA) is 90.5 Å². The highest BCUT2D eigenvalue weighted by Gasteiger charge is 2.60. The Kier molecular flexibility index (Phi) is 4.44. The third-order valence-corrected chi connectivity index (χ3v) is 5.64. The highest BCUT2D eigenvalue weighted by molar-refractivity contribution is 6.10. The maximum Gasteiger partial charge on any atom is 0.250 e. The Morgan fingerprint density at radius 3 is 2.68 bits per heavy atom. The van der Waals surface area contributed by atoms with Crippen LogP contribution in [0, 0.1) is 18.7 Å². The normalized spacial score (nSPS) is 26.8. The largest absolute Gasteiger partial charge is 0.392 e. The minimum absolute atomic E-state index is 0.297. The summed E-state index contributed by atoms with van der Waals surface area (Å²) in [6.45, 7) is 3.56. The fourth-order valence-electron chi connectivity index (χ4n) is 4.19. The number of nitrogens with one attached hydrogen (secondary N) is 3. The molecule has 7 heteroatoms. The van der Waals surface area contributed by atoms with E-state index in [1.807, 2.05) is 25.1 Å². The lowest BCUT2D eigenvalue weighted by molar-refractivity contribution is -0.130. The van der Waals surface area contributed by atoms with Gasteiger partial charge in [-0.25, -0.2) is 4.39 Å². The molecule has 1 fully saturated rings. The molecule has 146 valence electrons. The second-order valence-electron chi connectivity index (χ2n) is 7.59. The number of hydrogen-bond donors (Lipinski definition) is 4. The minimum atomic E-state index is -1.26. The summed E-state index contributed by atoms with van der Waals surface area (Å²) in [5.41, 5.74) is 1.53. The predicted octanol–water partition coefficient (Wildman–Crippen LogP) is 2.28. The molecule has 4 N–H and O–H groups in total. The minimum Gasteiger partial charge on any atom is -0.392 e. The molecule has 0 aliphatic carbocycles. The molecule has 2 aliphatic heterocycles. The van der Waals surface area contributed by atoms with Crippen LogP contribution >= 0.6 is 0 Å². The molecule has 0 radical (unpaired) electrons. The Bertz CT molecular complexity index is 944. The molecule has 2 amide bonds. The van der Waals surface area contributed by atoms with Crippen molar-refractivity contribution >= 4 is 23.2 Å². The first-order valence-electron chi connectivity index (χ1n) is 9.26. The summed E-state index contributed by atoms with van der Waals surface area (Å²) >= 11 is 0. The number of benzene rings is 2. The smallest absolute Gasteiger partial charge is 0.250 e. The Morgan fingerprint density at radius 2 is 2.00 bits per heavy atom. The van der Waals surface area contributed by atoms with Crippen molar-refractivity contribution in [2.24, 2.45) is 5.92 Å². The molecule has 1 spiro atoms. The first-order valence-corrected chi connectivity index (χ1v) is 9.26. The fourth-order valence-corrected chi connectivity index (χ4v) is 4.19. The zero-order chi connectivity index (χ0) is 20.1. The van der Waals surface area contributed by atoms with Crippen molar-refractivity contribution in [2.45, 2.75) is 38.0 Å². The number of aryl methyl sites for hydroxylation is 1. The van der Waals surface area contributed by atoms with Crippen molar-refractivity contribution < 1.29 is 19.1 Å². The highest BCUT2D eigenvalue weighted by Crippen LogP contribution is 2.48. The first kappa shape index (κ1) is 18.6. The molecular weight excluding hydrogens is 361 g/mol. The maximum absolute atomic E-state index is 13.2. The summed E-state index contributed by atoms with van der Waals surface area (Å²) in [5, 5.41) is 19.0. The quantitative estimate of drug-likeness (QED) is 0.655. The Hall–Kier alpha value is -2.77. The lowest BCUT2D eigenvalue weighted by Gasteiger charge is -2.29. The van der Waals surface area contributed by atoms with Crippen LogP contribution in [0.25, 0.3) is 0 Å². The second-order valence-corrected chi connectivity index (χ2v) is 7.59.